The molecule has 0 radical (unpaired) electrons. The maximum Gasteiger partial charge on any atom is 0.226 e. The van der Waals surface area contributed by atoms with Gasteiger partial charge in [-0.05, 0) is 58.0 Å². The Balaban J connectivity index is 1.82. The Hall–Kier alpha value is -1.85. The van der Waals surface area contributed by atoms with Crippen molar-refractivity contribution in [1.29, 1.82) is 0 Å². The van der Waals surface area contributed by atoms with Crippen LogP contribution in [0.5, 0.6) is 5.75 Å². The van der Waals surface area contributed by atoms with Crippen LogP contribution in [0.25, 0.3) is 11.5 Å². The fraction of sp³-hybridized carbons (Fsp3) is 0.550. The molecule has 2 heterocycles. The van der Waals surface area contributed by atoms with E-state index in [-0.39, 0.29) is 0 Å². The van der Waals surface area contributed by atoms with E-state index >= 15 is 0 Å². The van der Waals surface area contributed by atoms with E-state index in [1.165, 1.54) is 0 Å². The smallest absolute Gasteiger partial charge is 0.226 e. The number of piperazine rings is 1. The van der Waals surface area contributed by atoms with Crippen molar-refractivity contribution in [3.05, 3.63) is 34.7 Å². The van der Waals surface area contributed by atoms with Crippen LogP contribution in [-0.4, -0.2) is 54.6 Å². The number of nitrogens with zero attached hydrogens (tertiary/aromatic N) is 3. The van der Waals surface area contributed by atoms with E-state index in [9.17, 15) is 0 Å². The topological polar surface area (TPSA) is 41.7 Å². The largest absolute Gasteiger partial charge is 0.496 e. The third-order valence-corrected chi connectivity index (χ3v) is 5.50. The molecule has 1 aliphatic heterocycles. The number of likely N-dealkylation sites (N-methyl/N-ethyl adjacent to an activating group) is 1. The molecular formula is C20H29N3O2. The normalized spacial score (nSPS) is 19.4. The van der Waals surface area contributed by atoms with Gasteiger partial charge in [0.1, 0.15) is 11.5 Å². The molecule has 25 heavy (non-hydrogen) atoms. The minimum absolute atomic E-state index is 0.576. The zero-order chi connectivity index (χ0) is 18.1. The summed E-state index contributed by atoms with van der Waals surface area (Å²) >= 11 is 0. The highest BCUT2D eigenvalue weighted by Gasteiger charge is 2.23. The van der Waals surface area contributed by atoms with Crippen molar-refractivity contribution >= 4 is 0 Å². The Morgan fingerprint density at radius 3 is 2.64 bits per heavy atom. The lowest BCUT2D eigenvalue weighted by molar-refractivity contribution is 0.0988. The summed E-state index contributed by atoms with van der Waals surface area (Å²) in [5.41, 5.74) is 4.37. The Labute approximate surface area is 150 Å². The molecule has 0 spiro atoms. The third-order valence-electron chi connectivity index (χ3n) is 5.50. The number of aromatic nitrogens is 1. The number of rotatable bonds is 4. The number of benzene rings is 1. The number of hydrogen-bond acceptors (Lipinski definition) is 5. The first-order valence-corrected chi connectivity index (χ1v) is 8.94. The number of aryl methyl sites for hydroxylation is 1. The fourth-order valence-corrected chi connectivity index (χ4v) is 3.42. The van der Waals surface area contributed by atoms with Crippen LogP contribution in [0.2, 0.25) is 0 Å². The van der Waals surface area contributed by atoms with Crippen molar-refractivity contribution in [2.45, 2.75) is 40.3 Å². The predicted octanol–water partition coefficient (Wildman–Crippen LogP) is 3.41. The maximum absolute atomic E-state index is 6.01. The van der Waals surface area contributed by atoms with Crippen molar-refractivity contribution in [1.82, 2.24) is 14.8 Å². The van der Waals surface area contributed by atoms with Crippen LogP contribution < -0.4 is 4.74 Å². The third kappa shape index (κ3) is 3.58. The van der Waals surface area contributed by atoms with Crippen molar-refractivity contribution in [2.75, 3.05) is 33.8 Å². The van der Waals surface area contributed by atoms with E-state index < -0.39 is 0 Å². The van der Waals surface area contributed by atoms with Crippen molar-refractivity contribution in [3.63, 3.8) is 0 Å². The molecule has 136 valence electrons. The minimum atomic E-state index is 0.576. The second-order valence-electron chi connectivity index (χ2n) is 7.15. The second-order valence-corrected chi connectivity index (χ2v) is 7.15. The highest BCUT2D eigenvalue weighted by atomic mass is 16.5. The van der Waals surface area contributed by atoms with E-state index in [0.29, 0.717) is 11.9 Å². The Bertz CT molecular complexity index is 754. The molecule has 1 saturated heterocycles. The zero-order valence-corrected chi connectivity index (χ0v) is 16.2. The summed E-state index contributed by atoms with van der Waals surface area (Å²) in [4.78, 5) is 9.68. The molecule has 0 bridgehead atoms. The Morgan fingerprint density at radius 2 is 1.96 bits per heavy atom. The summed E-state index contributed by atoms with van der Waals surface area (Å²) in [6, 6.07) is 4.60. The van der Waals surface area contributed by atoms with E-state index in [0.717, 1.165) is 60.1 Å². The standard InChI is InChI=1S/C20H29N3O2/c1-13-11-23(10-9-22(13)5)12-18-16(4)25-20(21-18)17-7-8-19(24-6)15(3)14(17)2/h7-8,13H,9-12H2,1-6H3/t13-/m1/s1. The van der Waals surface area contributed by atoms with Gasteiger partial charge in [-0.2, -0.15) is 0 Å². The van der Waals surface area contributed by atoms with Gasteiger partial charge in [-0.15, -0.1) is 0 Å². The van der Waals surface area contributed by atoms with Crippen LogP contribution in [0.4, 0.5) is 0 Å². The molecule has 5 nitrogen and oxygen atoms in total. The highest BCUT2D eigenvalue weighted by Crippen LogP contribution is 2.31. The lowest BCUT2D eigenvalue weighted by Crippen LogP contribution is -2.49. The first-order valence-electron chi connectivity index (χ1n) is 8.94. The van der Waals surface area contributed by atoms with Crippen LogP contribution >= 0.6 is 0 Å². The van der Waals surface area contributed by atoms with E-state index in [1.54, 1.807) is 7.11 Å². The molecule has 0 saturated carbocycles. The Morgan fingerprint density at radius 1 is 1.20 bits per heavy atom. The second kappa shape index (κ2) is 7.18. The number of hydrogen-bond donors (Lipinski definition) is 0. The van der Waals surface area contributed by atoms with Gasteiger partial charge in [0.05, 0.1) is 12.8 Å². The number of methoxy groups -OCH3 is 1. The molecule has 1 aromatic heterocycles. The average Bonchev–Trinajstić information content (AvgIpc) is 2.94. The minimum Gasteiger partial charge on any atom is -0.496 e. The van der Waals surface area contributed by atoms with Crippen LogP contribution in [0.1, 0.15) is 29.5 Å². The quantitative estimate of drug-likeness (QED) is 0.851. The average molecular weight is 343 g/mol. The van der Waals surface area contributed by atoms with Gasteiger partial charge < -0.3 is 14.1 Å². The molecule has 1 fully saturated rings. The lowest BCUT2D eigenvalue weighted by atomic mass is 10.0. The summed E-state index contributed by atoms with van der Waals surface area (Å²) in [6.45, 7) is 12.5. The van der Waals surface area contributed by atoms with Crippen LogP contribution in [0, 0.1) is 20.8 Å². The monoisotopic (exact) mass is 343 g/mol. The molecule has 0 N–H and O–H groups in total. The summed E-state index contributed by atoms with van der Waals surface area (Å²) in [5, 5.41) is 0. The molecule has 5 heteroatoms. The van der Waals surface area contributed by atoms with Crippen molar-refractivity contribution < 1.29 is 9.15 Å². The van der Waals surface area contributed by atoms with Crippen molar-refractivity contribution in [3.8, 4) is 17.2 Å². The van der Waals surface area contributed by atoms with E-state index in [1.807, 2.05) is 19.1 Å². The SMILES string of the molecule is COc1ccc(-c2nc(CN3CCN(C)[C@H](C)C3)c(C)o2)c(C)c1C. The lowest BCUT2D eigenvalue weighted by Gasteiger charge is -2.37. The summed E-state index contributed by atoms with van der Waals surface area (Å²) in [5.74, 6) is 2.52. The zero-order valence-electron chi connectivity index (χ0n) is 16.2. The molecule has 0 amide bonds. The maximum atomic E-state index is 6.01. The molecular weight excluding hydrogens is 314 g/mol. The number of ether oxygens (including phenoxy) is 1. The highest BCUT2D eigenvalue weighted by molar-refractivity contribution is 5.63. The molecule has 0 unspecified atom stereocenters. The fourth-order valence-electron chi connectivity index (χ4n) is 3.42. The molecule has 2 aromatic rings. The number of oxazole rings is 1. The molecule has 3 rings (SSSR count). The predicted molar refractivity (Wildman–Crippen MR) is 100 cm³/mol. The molecule has 0 aliphatic carbocycles. The first-order chi connectivity index (χ1) is 11.9. The van der Waals surface area contributed by atoms with Crippen LogP contribution in [0.15, 0.2) is 16.5 Å². The van der Waals surface area contributed by atoms with Gasteiger partial charge in [-0.3, -0.25) is 4.90 Å². The van der Waals surface area contributed by atoms with Gasteiger partial charge in [-0.1, -0.05) is 0 Å². The van der Waals surface area contributed by atoms with Gasteiger partial charge in [0.25, 0.3) is 0 Å². The summed E-state index contributed by atoms with van der Waals surface area (Å²) in [6.07, 6.45) is 0. The molecule has 1 atom stereocenters. The van der Waals surface area contributed by atoms with Gasteiger partial charge in [-0.25, -0.2) is 4.98 Å². The van der Waals surface area contributed by atoms with E-state index in [2.05, 4.69) is 37.6 Å². The van der Waals surface area contributed by atoms with Gasteiger partial charge in [0.2, 0.25) is 5.89 Å². The van der Waals surface area contributed by atoms with Crippen LogP contribution in [0.3, 0.4) is 0 Å². The van der Waals surface area contributed by atoms with Gasteiger partial charge in [0.15, 0.2) is 0 Å². The molecule has 1 aliphatic rings. The van der Waals surface area contributed by atoms with Crippen molar-refractivity contribution in [2.24, 2.45) is 0 Å². The van der Waals surface area contributed by atoms with E-state index in [4.69, 9.17) is 14.1 Å². The van der Waals surface area contributed by atoms with Gasteiger partial charge in [0, 0.05) is 37.8 Å². The van der Waals surface area contributed by atoms with Gasteiger partial charge >= 0.3 is 0 Å². The molecule has 1 aromatic carbocycles. The Kier molecular flexibility index (Phi) is 5.16. The van der Waals surface area contributed by atoms with Crippen LogP contribution in [-0.2, 0) is 6.54 Å². The first kappa shape index (κ1) is 18.0. The summed E-state index contributed by atoms with van der Waals surface area (Å²) in [7, 11) is 3.89. The summed E-state index contributed by atoms with van der Waals surface area (Å²) < 4.78 is 11.4.